The number of carbonyl (C=O) groups is 1. The van der Waals surface area contributed by atoms with E-state index in [1.807, 2.05) is 30.3 Å². The minimum atomic E-state index is -0.000194. The molecule has 1 N–H and O–H groups in total. The smallest absolute Gasteiger partial charge is 0.230 e. The summed E-state index contributed by atoms with van der Waals surface area (Å²) in [6.07, 6.45) is 0.672. The van der Waals surface area contributed by atoms with E-state index in [2.05, 4.69) is 15.3 Å². The molecule has 5 nitrogen and oxygen atoms in total. The SMILES string of the molecule is [N-]=[N+]=NCCCNC(=O)CSc1ccccc1. The Hall–Kier alpha value is -1.65. The normalized spacial score (nSPS) is 9.41. The summed E-state index contributed by atoms with van der Waals surface area (Å²) in [6.45, 7) is 0.968. The van der Waals surface area contributed by atoms with Gasteiger partial charge in [-0.15, -0.1) is 11.8 Å². The molecule has 0 aliphatic heterocycles. The molecule has 0 radical (unpaired) electrons. The molecular formula is C11H14N4OS. The molecule has 0 saturated heterocycles. The molecule has 0 aromatic heterocycles. The molecule has 0 fully saturated rings. The third-order valence-corrected chi connectivity index (χ3v) is 2.95. The summed E-state index contributed by atoms with van der Waals surface area (Å²) in [5, 5.41) is 6.15. The van der Waals surface area contributed by atoms with Gasteiger partial charge in [-0.1, -0.05) is 23.3 Å². The van der Waals surface area contributed by atoms with E-state index >= 15 is 0 Å². The Morgan fingerprint density at radius 1 is 1.41 bits per heavy atom. The van der Waals surface area contributed by atoms with Crippen molar-refractivity contribution in [3.8, 4) is 0 Å². The van der Waals surface area contributed by atoms with Gasteiger partial charge in [-0.05, 0) is 24.1 Å². The van der Waals surface area contributed by atoms with E-state index in [1.54, 1.807) is 0 Å². The molecule has 6 heteroatoms. The number of nitrogens with one attached hydrogen (secondary N) is 1. The monoisotopic (exact) mass is 250 g/mol. The Labute approximate surface area is 104 Å². The Morgan fingerprint density at radius 2 is 2.18 bits per heavy atom. The maximum atomic E-state index is 11.4. The van der Waals surface area contributed by atoms with E-state index in [0.717, 1.165) is 4.90 Å². The summed E-state index contributed by atoms with van der Waals surface area (Å²) >= 11 is 1.50. The van der Waals surface area contributed by atoms with Crippen LogP contribution in [-0.2, 0) is 4.79 Å². The van der Waals surface area contributed by atoms with Crippen LogP contribution < -0.4 is 5.32 Å². The van der Waals surface area contributed by atoms with Crippen LogP contribution in [0.25, 0.3) is 10.4 Å². The van der Waals surface area contributed by atoms with Gasteiger partial charge in [-0.25, -0.2) is 0 Å². The summed E-state index contributed by atoms with van der Waals surface area (Å²) in [4.78, 5) is 15.1. The summed E-state index contributed by atoms with van der Waals surface area (Å²) < 4.78 is 0. The molecule has 1 amide bonds. The summed E-state index contributed by atoms with van der Waals surface area (Å²) in [5.41, 5.74) is 8.05. The van der Waals surface area contributed by atoms with Crippen LogP contribution in [0.5, 0.6) is 0 Å². The van der Waals surface area contributed by atoms with Crippen LogP contribution in [-0.4, -0.2) is 24.7 Å². The third kappa shape index (κ3) is 6.50. The quantitative estimate of drug-likeness (QED) is 0.265. The van der Waals surface area contributed by atoms with Crippen molar-refractivity contribution < 1.29 is 4.79 Å². The second-order valence-electron chi connectivity index (χ2n) is 3.26. The van der Waals surface area contributed by atoms with Gasteiger partial charge in [0.1, 0.15) is 0 Å². The Bertz CT molecular complexity index is 390. The number of hydrogen-bond acceptors (Lipinski definition) is 3. The Kier molecular flexibility index (Phi) is 6.70. The molecule has 0 unspecified atom stereocenters. The van der Waals surface area contributed by atoms with Crippen LogP contribution in [0.2, 0.25) is 0 Å². The molecule has 0 aliphatic rings. The summed E-state index contributed by atoms with van der Waals surface area (Å²) in [6, 6.07) is 9.78. The Morgan fingerprint density at radius 3 is 2.88 bits per heavy atom. The molecule has 0 heterocycles. The van der Waals surface area contributed by atoms with E-state index in [1.165, 1.54) is 11.8 Å². The molecule has 0 aliphatic carbocycles. The Balaban J connectivity index is 2.11. The van der Waals surface area contributed by atoms with Gasteiger partial charge in [0.15, 0.2) is 0 Å². The number of hydrogen-bond donors (Lipinski definition) is 1. The molecule has 0 atom stereocenters. The first-order valence-electron chi connectivity index (χ1n) is 5.28. The van der Waals surface area contributed by atoms with Crippen LogP contribution in [0.1, 0.15) is 6.42 Å². The number of amides is 1. The van der Waals surface area contributed by atoms with Crippen molar-refractivity contribution in [3.05, 3.63) is 40.8 Å². The number of benzene rings is 1. The molecular weight excluding hydrogens is 236 g/mol. The highest BCUT2D eigenvalue weighted by Gasteiger charge is 2.01. The highest BCUT2D eigenvalue weighted by atomic mass is 32.2. The minimum Gasteiger partial charge on any atom is -0.355 e. The van der Waals surface area contributed by atoms with Crippen molar-refractivity contribution in [2.24, 2.45) is 5.11 Å². The minimum absolute atomic E-state index is 0.000194. The van der Waals surface area contributed by atoms with E-state index in [9.17, 15) is 4.79 Å². The topological polar surface area (TPSA) is 77.9 Å². The lowest BCUT2D eigenvalue weighted by molar-refractivity contribution is -0.118. The van der Waals surface area contributed by atoms with Gasteiger partial charge in [0, 0.05) is 22.9 Å². The van der Waals surface area contributed by atoms with Crippen molar-refractivity contribution in [2.45, 2.75) is 11.3 Å². The molecule has 0 spiro atoms. The van der Waals surface area contributed by atoms with Crippen LogP contribution >= 0.6 is 11.8 Å². The van der Waals surface area contributed by atoms with Crippen LogP contribution in [0.15, 0.2) is 40.3 Å². The molecule has 0 saturated carbocycles. The van der Waals surface area contributed by atoms with E-state index in [0.29, 0.717) is 25.3 Å². The number of thioether (sulfide) groups is 1. The number of rotatable bonds is 7. The fourth-order valence-corrected chi connectivity index (χ4v) is 1.89. The van der Waals surface area contributed by atoms with Gasteiger partial charge in [0.05, 0.1) is 5.75 Å². The standard InChI is InChI=1S/C11H14N4OS/c12-15-14-8-4-7-13-11(16)9-17-10-5-2-1-3-6-10/h1-3,5-6H,4,7-9H2,(H,13,16). The van der Waals surface area contributed by atoms with Gasteiger partial charge >= 0.3 is 0 Å². The van der Waals surface area contributed by atoms with Crippen molar-refractivity contribution in [3.63, 3.8) is 0 Å². The molecule has 1 rings (SSSR count). The molecule has 90 valence electrons. The first kappa shape index (κ1) is 13.4. The average molecular weight is 250 g/mol. The average Bonchev–Trinajstić information content (AvgIpc) is 2.37. The number of nitrogens with zero attached hydrogens (tertiary/aromatic N) is 3. The van der Waals surface area contributed by atoms with Crippen molar-refractivity contribution in [1.82, 2.24) is 5.32 Å². The van der Waals surface area contributed by atoms with Gasteiger partial charge < -0.3 is 5.32 Å². The zero-order chi connectivity index (χ0) is 12.3. The molecule has 17 heavy (non-hydrogen) atoms. The molecule has 1 aromatic rings. The van der Waals surface area contributed by atoms with E-state index < -0.39 is 0 Å². The fourth-order valence-electron chi connectivity index (χ4n) is 1.14. The third-order valence-electron chi connectivity index (χ3n) is 1.93. The zero-order valence-electron chi connectivity index (χ0n) is 9.37. The van der Waals surface area contributed by atoms with E-state index in [4.69, 9.17) is 5.53 Å². The largest absolute Gasteiger partial charge is 0.355 e. The van der Waals surface area contributed by atoms with Crippen molar-refractivity contribution in [2.75, 3.05) is 18.8 Å². The predicted octanol–water partition coefficient (Wildman–Crippen LogP) is 2.60. The fraction of sp³-hybridized carbons (Fsp3) is 0.364. The van der Waals surface area contributed by atoms with Crippen LogP contribution in [0.3, 0.4) is 0 Å². The maximum absolute atomic E-state index is 11.4. The highest BCUT2D eigenvalue weighted by molar-refractivity contribution is 8.00. The molecule has 0 bridgehead atoms. The number of azide groups is 1. The predicted molar refractivity (Wildman–Crippen MR) is 68.8 cm³/mol. The summed E-state index contributed by atoms with van der Waals surface area (Å²) in [7, 11) is 0. The molecule has 1 aromatic carbocycles. The number of carbonyl (C=O) groups excluding carboxylic acids is 1. The van der Waals surface area contributed by atoms with Gasteiger partial charge in [0.25, 0.3) is 0 Å². The first-order valence-corrected chi connectivity index (χ1v) is 6.27. The second kappa shape index (κ2) is 8.50. The zero-order valence-corrected chi connectivity index (χ0v) is 10.2. The van der Waals surface area contributed by atoms with E-state index in [-0.39, 0.29) is 5.91 Å². The van der Waals surface area contributed by atoms with Gasteiger partial charge in [-0.3, -0.25) is 4.79 Å². The first-order chi connectivity index (χ1) is 8.33. The maximum Gasteiger partial charge on any atom is 0.230 e. The lowest BCUT2D eigenvalue weighted by atomic mass is 10.4. The second-order valence-corrected chi connectivity index (χ2v) is 4.31. The van der Waals surface area contributed by atoms with Gasteiger partial charge in [-0.2, -0.15) is 0 Å². The van der Waals surface area contributed by atoms with Crippen molar-refractivity contribution in [1.29, 1.82) is 0 Å². The van der Waals surface area contributed by atoms with Crippen LogP contribution in [0.4, 0.5) is 0 Å². The van der Waals surface area contributed by atoms with Crippen molar-refractivity contribution >= 4 is 17.7 Å². The summed E-state index contributed by atoms with van der Waals surface area (Å²) in [5.74, 6) is 0.408. The van der Waals surface area contributed by atoms with Gasteiger partial charge in [0.2, 0.25) is 5.91 Å². The lowest BCUT2D eigenvalue weighted by Gasteiger charge is -2.03. The van der Waals surface area contributed by atoms with Crippen LogP contribution in [0, 0.1) is 0 Å². The lowest BCUT2D eigenvalue weighted by Crippen LogP contribution is -2.26. The highest BCUT2D eigenvalue weighted by Crippen LogP contribution is 2.15.